The molecule has 2 rings (SSSR count). The lowest BCUT2D eigenvalue weighted by Crippen LogP contribution is -2.52. The summed E-state index contributed by atoms with van der Waals surface area (Å²) < 4.78 is 0. The van der Waals surface area contributed by atoms with Crippen molar-refractivity contribution in [3.8, 4) is 5.75 Å². The zero-order chi connectivity index (χ0) is 17.6. The normalized spacial score (nSPS) is 15.8. The van der Waals surface area contributed by atoms with E-state index < -0.39 is 0 Å². The molecule has 5 nitrogen and oxygen atoms in total. The third-order valence-electron chi connectivity index (χ3n) is 4.26. The van der Waals surface area contributed by atoms with Gasteiger partial charge in [-0.15, -0.1) is 24.0 Å². The lowest BCUT2D eigenvalue weighted by Gasteiger charge is -2.38. The first-order valence-corrected chi connectivity index (χ1v) is 8.97. The summed E-state index contributed by atoms with van der Waals surface area (Å²) >= 11 is 0. The molecule has 0 aliphatic carbocycles. The second kappa shape index (κ2) is 10.1. The molecule has 1 aromatic carbocycles. The summed E-state index contributed by atoms with van der Waals surface area (Å²) in [4.78, 5) is 9.36. The molecule has 1 saturated heterocycles. The van der Waals surface area contributed by atoms with Crippen molar-refractivity contribution in [3.05, 3.63) is 24.3 Å². The Morgan fingerprint density at radius 2 is 1.80 bits per heavy atom. The molecule has 0 aromatic heterocycles. The van der Waals surface area contributed by atoms with Gasteiger partial charge in [0.1, 0.15) is 5.75 Å². The minimum atomic E-state index is 0. The monoisotopic (exact) mass is 460 g/mol. The summed E-state index contributed by atoms with van der Waals surface area (Å²) in [6.45, 7) is 14.2. The molecule has 2 N–H and O–H groups in total. The maximum absolute atomic E-state index is 10.0. The maximum Gasteiger partial charge on any atom is 0.194 e. The van der Waals surface area contributed by atoms with Gasteiger partial charge >= 0.3 is 0 Å². The van der Waals surface area contributed by atoms with E-state index in [1.54, 1.807) is 6.07 Å². The summed E-state index contributed by atoms with van der Waals surface area (Å²) in [6.07, 6.45) is 1.08. The van der Waals surface area contributed by atoms with Crippen molar-refractivity contribution in [2.24, 2.45) is 10.4 Å². The SMILES string of the molecule is CCNC(=NCCC(C)(C)C)N1CCN(c2ccccc2O)CC1.I. The number of rotatable bonds is 4. The first-order chi connectivity index (χ1) is 11.4. The van der Waals surface area contributed by atoms with E-state index in [-0.39, 0.29) is 24.0 Å². The molecule has 0 saturated carbocycles. The Morgan fingerprint density at radius 3 is 2.36 bits per heavy atom. The molecular formula is C19H33IN4O. The van der Waals surface area contributed by atoms with E-state index in [9.17, 15) is 5.11 Å². The summed E-state index contributed by atoms with van der Waals surface area (Å²) in [5, 5.41) is 13.4. The molecule has 0 bridgehead atoms. The zero-order valence-corrected chi connectivity index (χ0v) is 18.3. The number of anilines is 1. The van der Waals surface area contributed by atoms with Crippen LogP contribution in [-0.2, 0) is 0 Å². The summed E-state index contributed by atoms with van der Waals surface area (Å²) in [5.74, 6) is 1.37. The number of aromatic hydroxyl groups is 1. The van der Waals surface area contributed by atoms with Gasteiger partial charge in [0.25, 0.3) is 0 Å². The highest BCUT2D eigenvalue weighted by Gasteiger charge is 2.21. The van der Waals surface area contributed by atoms with Crippen LogP contribution >= 0.6 is 24.0 Å². The largest absolute Gasteiger partial charge is 0.506 e. The molecule has 1 heterocycles. The van der Waals surface area contributed by atoms with E-state index in [0.717, 1.165) is 57.3 Å². The van der Waals surface area contributed by atoms with E-state index in [1.165, 1.54) is 0 Å². The molecule has 0 atom stereocenters. The second-order valence-corrected chi connectivity index (χ2v) is 7.51. The predicted octanol–water partition coefficient (Wildman–Crippen LogP) is 3.53. The van der Waals surface area contributed by atoms with Crippen LogP contribution in [0.15, 0.2) is 29.3 Å². The Balaban J connectivity index is 0.00000312. The average molecular weight is 460 g/mol. The minimum Gasteiger partial charge on any atom is -0.506 e. The molecule has 0 unspecified atom stereocenters. The number of benzene rings is 1. The van der Waals surface area contributed by atoms with Crippen LogP contribution in [0.1, 0.15) is 34.1 Å². The van der Waals surface area contributed by atoms with Crippen LogP contribution in [0, 0.1) is 5.41 Å². The second-order valence-electron chi connectivity index (χ2n) is 7.51. The van der Waals surface area contributed by atoms with Gasteiger partial charge in [0.05, 0.1) is 5.69 Å². The predicted molar refractivity (Wildman–Crippen MR) is 117 cm³/mol. The van der Waals surface area contributed by atoms with Crippen LogP contribution in [-0.4, -0.2) is 55.2 Å². The third-order valence-corrected chi connectivity index (χ3v) is 4.26. The first-order valence-electron chi connectivity index (χ1n) is 8.97. The van der Waals surface area contributed by atoms with Crippen LogP contribution in [0.25, 0.3) is 0 Å². The van der Waals surface area contributed by atoms with Crippen LogP contribution in [0.5, 0.6) is 5.75 Å². The van der Waals surface area contributed by atoms with Crippen molar-refractivity contribution in [2.45, 2.75) is 34.1 Å². The zero-order valence-electron chi connectivity index (χ0n) is 16.0. The van der Waals surface area contributed by atoms with E-state index in [1.807, 2.05) is 18.2 Å². The van der Waals surface area contributed by atoms with Crippen LogP contribution in [0.2, 0.25) is 0 Å². The molecule has 1 aliphatic rings. The maximum atomic E-state index is 10.0. The van der Waals surface area contributed by atoms with Crippen molar-refractivity contribution in [2.75, 3.05) is 44.2 Å². The quantitative estimate of drug-likeness (QED) is 0.410. The molecule has 1 aromatic rings. The van der Waals surface area contributed by atoms with E-state index in [4.69, 9.17) is 4.99 Å². The molecule has 0 amide bonds. The number of nitrogens with one attached hydrogen (secondary N) is 1. The number of hydrogen-bond acceptors (Lipinski definition) is 3. The van der Waals surface area contributed by atoms with E-state index in [0.29, 0.717) is 11.2 Å². The fourth-order valence-corrected chi connectivity index (χ4v) is 2.81. The lowest BCUT2D eigenvalue weighted by molar-refractivity contribution is 0.362. The van der Waals surface area contributed by atoms with Gasteiger partial charge in [-0.3, -0.25) is 4.99 Å². The summed E-state index contributed by atoms with van der Waals surface area (Å²) in [7, 11) is 0. The fraction of sp³-hybridized carbons (Fsp3) is 0.632. The van der Waals surface area contributed by atoms with Gasteiger partial charge in [-0.25, -0.2) is 0 Å². The Labute approximate surface area is 169 Å². The number of para-hydroxylation sites is 2. The molecule has 0 spiro atoms. The molecular weight excluding hydrogens is 427 g/mol. The Bertz CT molecular complexity index is 549. The Hall–Kier alpha value is -1.18. The third kappa shape index (κ3) is 6.92. The smallest absolute Gasteiger partial charge is 0.194 e. The lowest BCUT2D eigenvalue weighted by atomic mass is 9.92. The number of guanidine groups is 1. The number of halogens is 1. The van der Waals surface area contributed by atoms with Crippen molar-refractivity contribution in [1.29, 1.82) is 0 Å². The van der Waals surface area contributed by atoms with Gasteiger partial charge in [0.2, 0.25) is 0 Å². The summed E-state index contributed by atoms with van der Waals surface area (Å²) in [6, 6.07) is 7.56. The number of phenols is 1. The number of nitrogens with zero attached hydrogens (tertiary/aromatic N) is 3. The standard InChI is InChI=1S/C19H32N4O.HI/c1-5-20-18(21-11-10-19(2,3)4)23-14-12-22(13-15-23)16-8-6-7-9-17(16)24;/h6-9,24H,5,10-15H2,1-4H3,(H,20,21);1H. The van der Waals surface area contributed by atoms with Crippen molar-refractivity contribution in [1.82, 2.24) is 10.2 Å². The van der Waals surface area contributed by atoms with Gasteiger partial charge < -0.3 is 20.2 Å². The molecule has 0 radical (unpaired) electrons. The number of aliphatic imine (C=N–C) groups is 1. The number of phenolic OH excluding ortho intramolecular Hbond substituents is 1. The highest BCUT2D eigenvalue weighted by molar-refractivity contribution is 14.0. The van der Waals surface area contributed by atoms with Crippen LogP contribution in [0.4, 0.5) is 5.69 Å². The molecule has 1 aliphatic heterocycles. The highest BCUT2D eigenvalue weighted by atomic mass is 127. The molecule has 6 heteroatoms. The number of piperazine rings is 1. The Kier molecular flexibility index (Phi) is 8.82. The molecule has 1 fully saturated rings. The van der Waals surface area contributed by atoms with Crippen LogP contribution in [0.3, 0.4) is 0 Å². The van der Waals surface area contributed by atoms with Crippen molar-refractivity contribution in [3.63, 3.8) is 0 Å². The van der Waals surface area contributed by atoms with Gasteiger partial charge in [-0.1, -0.05) is 32.9 Å². The van der Waals surface area contributed by atoms with Gasteiger partial charge in [-0.2, -0.15) is 0 Å². The molecule has 25 heavy (non-hydrogen) atoms. The van der Waals surface area contributed by atoms with Crippen molar-refractivity contribution < 1.29 is 5.11 Å². The summed E-state index contributed by atoms with van der Waals surface area (Å²) in [5.41, 5.74) is 1.23. The molecule has 142 valence electrons. The van der Waals surface area contributed by atoms with Crippen LogP contribution < -0.4 is 10.2 Å². The highest BCUT2D eigenvalue weighted by Crippen LogP contribution is 2.27. The van der Waals surface area contributed by atoms with Crippen molar-refractivity contribution >= 4 is 35.6 Å². The van der Waals surface area contributed by atoms with Gasteiger partial charge in [0, 0.05) is 39.3 Å². The van der Waals surface area contributed by atoms with E-state index >= 15 is 0 Å². The first kappa shape index (κ1) is 21.9. The van der Waals surface area contributed by atoms with Gasteiger partial charge in [0.15, 0.2) is 5.96 Å². The fourth-order valence-electron chi connectivity index (χ4n) is 2.81. The average Bonchev–Trinajstić information content (AvgIpc) is 2.54. The minimum absolute atomic E-state index is 0. The topological polar surface area (TPSA) is 51.1 Å². The van der Waals surface area contributed by atoms with Gasteiger partial charge in [-0.05, 0) is 30.9 Å². The Morgan fingerprint density at radius 1 is 1.16 bits per heavy atom. The number of hydrogen-bond donors (Lipinski definition) is 2. The van der Waals surface area contributed by atoms with E-state index in [2.05, 4.69) is 42.8 Å².